The molecule has 0 fully saturated rings. The van der Waals surface area contributed by atoms with Gasteiger partial charge in [0.15, 0.2) is 0 Å². The molecule has 0 aliphatic rings. The van der Waals surface area contributed by atoms with E-state index in [-0.39, 0.29) is 0 Å². The molecule has 0 radical (unpaired) electrons. The maximum atomic E-state index is 5.46. The van der Waals surface area contributed by atoms with E-state index >= 15 is 0 Å². The predicted molar refractivity (Wildman–Crippen MR) is 126 cm³/mol. The van der Waals surface area contributed by atoms with Gasteiger partial charge in [0.1, 0.15) is 17.3 Å². The number of aromatic nitrogens is 2. The minimum absolute atomic E-state index is 0.721. The number of nitrogens with zero attached hydrogens (tertiary/aromatic N) is 1. The van der Waals surface area contributed by atoms with Crippen LogP contribution in [0.3, 0.4) is 0 Å². The van der Waals surface area contributed by atoms with Gasteiger partial charge in [-0.05, 0) is 22.9 Å². The summed E-state index contributed by atoms with van der Waals surface area (Å²) < 4.78 is 10.9. The normalized spacial score (nSPS) is 10.9. The maximum absolute atomic E-state index is 5.46. The SMILES string of the molecule is COc1cc(OC)cc(-c2nc(-c3ccccc3)c(-c3cccc4ccccc34)[nH]2)c1. The molecule has 1 N–H and O–H groups in total. The Labute approximate surface area is 181 Å². The van der Waals surface area contributed by atoms with Crippen LogP contribution < -0.4 is 9.47 Å². The van der Waals surface area contributed by atoms with Gasteiger partial charge in [0, 0.05) is 22.8 Å². The van der Waals surface area contributed by atoms with Crippen molar-refractivity contribution in [2.75, 3.05) is 14.2 Å². The smallest absolute Gasteiger partial charge is 0.138 e. The molecule has 0 unspecified atom stereocenters. The van der Waals surface area contributed by atoms with Crippen molar-refractivity contribution >= 4 is 10.8 Å². The van der Waals surface area contributed by atoms with E-state index in [1.807, 2.05) is 36.4 Å². The van der Waals surface area contributed by atoms with E-state index < -0.39 is 0 Å². The van der Waals surface area contributed by atoms with Gasteiger partial charge in [0.2, 0.25) is 0 Å². The van der Waals surface area contributed by atoms with Crippen molar-refractivity contribution in [2.24, 2.45) is 0 Å². The first kappa shape index (κ1) is 18.9. The van der Waals surface area contributed by atoms with Crippen LogP contribution in [0.1, 0.15) is 0 Å². The number of rotatable bonds is 5. The largest absolute Gasteiger partial charge is 0.497 e. The molecule has 5 aromatic rings. The van der Waals surface area contributed by atoms with E-state index in [9.17, 15) is 0 Å². The molecule has 0 aliphatic heterocycles. The van der Waals surface area contributed by atoms with E-state index in [1.165, 1.54) is 10.8 Å². The number of nitrogens with one attached hydrogen (secondary N) is 1. The van der Waals surface area contributed by atoms with Crippen molar-refractivity contribution in [3.63, 3.8) is 0 Å². The number of methoxy groups -OCH3 is 2. The number of aromatic amines is 1. The second kappa shape index (κ2) is 8.00. The van der Waals surface area contributed by atoms with Gasteiger partial charge in [-0.15, -0.1) is 0 Å². The van der Waals surface area contributed by atoms with Gasteiger partial charge in [-0.1, -0.05) is 72.8 Å². The van der Waals surface area contributed by atoms with Crippen LogP contribution in [0.2, 0.25) is 0 Å². The third-order valence-corrected chi connectivity index (χ3v) is 5.43. The van der Waals surface area contributed by atoms with Gasteiger partial charge in [-0.2, -0.15) is 0 Å². The summed E-state index contributed by atoms with van der Waals surface area (Å²) in [7, 11) is 3.30. The summed E-state index contributed by atoms with van der Waals surface area (Å²) in [6, 6.07) is 30.8. The third-order valence-electron chi connectivity index (χ3n) is 5.43. The lowest BCUT2D eigenvalue weighted by molar-refractivity contribution is 0.394. The molecule has 0 spiro atoms. The molecule has 4 aromatic carbocycles. The zero-order valence-electron chi connectivity index (χ0n) is 17.4. The molecule has 0 amide bonds. The van der Waals surface area contributed by atoms with Crippen LogP contribution in [0.15, 0.2) is 91.0 Å². The third kappa shape index (κ3) is 3.53. The fourth-order valence-corrected chi connectivity index (χ4v) is 3.90. The highest BCUT2D eigenvalue weighted by molar-refractivity contribution is 5.99. The van der Waals surface area contributed by atoms with E-state index in [1.54, 1.807) is 14.2 Å². The van der Waals surface area contributed by atoms with Crippen LogP contribution in [-0.2, 0) is 0 Å². The van der Waals surface area contributed by atoms with Crippen molar-refractivity contribution in [3.8, 4) is 45.4 Å². The van der Waals surface area contributed by atoms with Crippen molar-refractivity contribution in [1.82, 2.24) is 9.97 Å². The molecule has 5 rings (SSSR count). The zero-order chi connectivity index (χ0) is 21.2. The average Bonchev–Trinajstić information content (AvgIpc) is 3.29. The second-order valence-corrected chi connectivity index (χ2v) is 7.30. The first-order valence-corrected chi connectivity index (χ1v) is 10.1. The summed E-state index contributed by atoms with van der Waals surface area (Å²) in [5, 5.41) is 2.37. The number of ether oxygens (including phenoxy) is 2. The summed E-state index contributed by atoms with van der Waals surface area (Å²) in [5.41, 5.74) is 4.97. The molecule has 0 saturated carbocycles. The number of benzene rings is 4. The molecule has 0 atom stereocenters. The Bertz CT molecular complexity index is 1330. The molecule has 0 saturated heterocycles. The fourth-order valence-electron chi connectivity index (χ4n) is 3.90. The summed E-state index contributed by atoms with van der Waals surface area (Å²) in [6.07, 6.45) is 0. The highest BCUT2D eigenvalue weighted by Gasteiger charge is 2.18. The minimum atomic E-state index is 0.721. The molecule has 0 bridgehead atoms. The first-order valence-electron chi connectivity index (χ1n) is 10.1. The lowest BCUT2D eigenvalue weighted by atomic mass is 9.99. The number of hydrogen-bond donors (Lipinski definition) is 1. The Balaban J connectivity index is 1.76. The summed E-state index contributed by atoms with van der Waals surface area (Å²) in [5.74, 6) is 2.21. The van der Waals surface area contributed by atoms with Crippen molar-refractivity contribution in [3.05, 3.63) is 91.0 Å². The summed E-state index contributed by atoms with van der Waals surface area (Å²) >= 11 is 0. The molecular weight excluding hydrogens is 384 g/mol. The van der Waals surface area contributed by atoms with Crippen LogP contribution in [0.5, 0.6) is 11.5 Å². The lowest BCUT2D eigenvalue weighted by Crippen LogP contribution is -1.90. The molecule has 1 aromatic heterocycles. The van der Waals surface area contributed by atoms with Crippen LogP contribution in [0.25, 0.3) is 44.7 Å². The Morgan fingerprint density at radius 2 is 1.35 bits per heavy atom. The topological polar surface area (TPSA) is 47.1 Å². The number of fused-ring (bicyclic) bond motifs is 1. The molecule has 31 heavy (non-hydrogen) atoms. The minimum Gasteiger partial charge on any atom is -0.497 e. The molecular formula is C27H22N2O2. The molecule has 0 aliphatic carbocycles. The lowest BCUT2D eigenvalue weighted by Gasteiger charge is -2.08. The van der Waals surface area contributed by atoms with E-state index in [0.717, 1.165) is 45.4 Å². The first-order chi connectivity index (χ1) is 15.3. The Morgan fingerprint density at radius 3 is 2.10 bits per heavy atom. The maximum Gasteiger partial charge on any atom is 0.138 e. The van der Waals surface area contributed by atoms with Gasteiger partial charge in [0.05, 0.1) is 25.6 Å². The van der Waals surface area contributed by atoms with E-state index in [2.05, 4.69) is 59.6 Å². The summed E-state index contributed by atoms with van der Waals surface area (Å²) in [4.78, 5) is 8.60. The molecule has 152 valence electrons. The average molecular weight is 406 g/mol. The number of hydrogen-bond acceptors (Lipinski definition) is 3. The van der Waals surface area contributed by atoms with Gasteiger partial charge in [-0.3, -0.25) is 0 Å². The van der Waals surface area contributed by atoms with Crippen molar-refractivity contribution in [1.29, 1.82) is 0 Å². The predicted octanol–water partition coefficient (Wildman–Crippen LogP) is 6.58. The fraction of sp³-hybridized carbons (Fsp3) is 0.0741. The molecule has 4 heteroatoms. The van der Waals surface area contributed by atoms with Gasteiger partial charge >= 0.3 is 0 Å². The molecule has 4 nitrogen and oxygen atoms in total. The van der Waals surface area contributed by atoms with Gasteiger partial charge in [0.25, 0.3) is 0 Å². The number of imidazole rings is 1. The highest BCUT2D eigenvalue weighted by atomic mass is 16.5. The van der Waals surface area contributed by atoms with Crippen LogP contribution in [-0.4, -0.2) is 24.2 Å². The monoisotopic (exact) mass is 406 g/mol. The van der Waals surface area contributed by atoms with Gasteiger partial charge in [-0.25, -0.2) is 4.98 Å². The number of H-pyrrole nitrogens is 1. The Kier molecular flexibility index (Phi) is 4.89. The van der Waals surface area contributed by atoms with E-state index in [4.69, 9.17) is 14.5 Å². The Hall–Kier alpha value is -4.05. The van der Waals surface area contributed by atoms with Crippen molar-refractivity contribution < 1.29 is 9.47 Å². The highest BCUT2D eigenvalue weighted by Crippen LogP contribution is 2.37. The quantitative estimate of drug-likeness (QED) is 0.358. The van der Waals surface area contributed by atoms with Crippen LogP contribution in [0.4, 0.5) is 0 Å². The molecule has 1 heterocycles. The van der Waals surface area contributed by atoms with Gasteiger partial charge < -0.3 is 14.5 Å². The second-order valence-electron chi connectivity index (χ2n) is 7.30. The Morgan fingerprint density at radius 1 is 0.677 bits per heavy atom. The van der Waals surface area contributed by atoms with Crippen LogP contribution >= 0.6 is 0 Å². The van der Waals surface area contributed by atoms with Crippen molar-refractivity contribution in [2.45, 2.75) is 0 Å². The zero-order valence-corrected chi connectivity index (χ0v) is 17.4. The van der Waals surface area contributed by atoms with Crippen LogP contribution in [0, 0.1) is 0 Å². The standard InChI is InChI=1S/C27H22N2O2/c1-30-21-15-20(16-22(17-21)31-2)27-28-25(19-10-4-3-5-11-19)26(29-27)24-14-8-12-18-9-6-7-13-23(18)24/h3-17H,1-2H3,(H,28,29). The summed E-state index contributed by atoms with van der Waals surface area (Å²) in [6.45, 7) is 0. The van der Waals surface area contributed by atoms with E-state index in [0.29, 0.717) is 0 Å².